The lowest BCUT2D eigenvalue weighted by atomic mass is 10.2. The number of carbonyl (C=O) groups excluding carboxylic acids is 1. The second-order valence-electron chi connectivity index (χ2n) is 5.49. The summed E-state index contributed by atoms with van der Waals surface area (Å²) in [5.41, 5.74) is 1.95. The number of likely N-dealkylation sites (N-methyl/N-ethyl adjacent to an activating group) is 2. The lowest BCUT2D eigenvalue weighted by molar-refractivity contribution is -0.131. The standard InChI is InChI=1S/C17H25ClN2O2/c1-6-20(10-13(2)3)17(21)12-19(4)11-14-9-15(18)7-8-16(14)22-5/h7-9H,2,6,10-12H2,1,3-5H3. The number of benzene rings is 1. The van der Waals surface area contributed by atoms with Gasteiger partial charge in [0.2, 0.25) is 5.91 Å². The van der Waals surface area contributed by atoms with Gasteiger partial charge < -0.3 is 9.64 Å². The molecule has 1 rings (SSSR count). The van der Waals surface area contributed by atoms with Crippen LogP contribution in [0, 0.1) is 0 Å². The van der Waals surface area contributed by atoms with Crippen LogP contribution in [0.5, 0.6) is 5.75 Å². The molecule has 5 heteroatoms. The predicted molar refractivity (Wildman–Crippen MR) is 91.4 cm³/mol. The zero-order valence-corrected chi connectivity index (χ0v) is 14.6. The van der Waals surface area contributed by atoms with E-state index in [1.54, 1.807) is 18.1 Å². The Morgan fingerprint density at radius 2 is 2.05 bits per heavy atom. The zero-order chi connectivity index (χ0) is 16.7. The second-order valence-corrected chi connectivity index (χ2v) is 5.93. The number of nitrogens with zero attached hydrogens (tertiary/aromatic N) is 2. The number of hydrogen-bond acceptors (Lipinski definition) is 3. The molecule has 0 aromatic heterocycles. The van der Waals surface area contributed by atoms with Gasteiger partial charge in [0.15, 0.2) is 0 Å². The van der Waals surface area contributed by atoms with Crippen LogP contribution in [0.25, 0.3) is 0 Å². The summed E-state index contributed by atoms with van der Waals surface area (Å²) in [6, 6.07) is 5.50. The number of hydrogen-bond donors (Lipinski definition) is 0. The zero-order valence-electron chi connectivity index (χ0n) is 13.9. The van der Waals surface area contributed by atoms with Crippen molar-refractivity contribution in [3.63, 3.8) is 0 Å². The summed E-state index contributed by atoms with van der Waals surface area (Å²) in [6.07, 6.45) is 0. The van der Waals surface area contributed by atoms with E-state index < -0.39 is 0 Å². The lowest BCUT2D eigenvalue weighted by Gasteiger charge is -2.25. The first-order valence-electron chi connectivity index (χ1n) is 7.30. The molecule has 1 amide bonds. The van der Waals surface area contributed by atoms with E-state index in [4.69, 9.17) is 16.3 Å². The summed E-state index contributed by atoms with van der Waals surface area (Å²) in [7, 11) is 3.54. The molecule has 0 aliphatic rings. The highest BCUT2D eigenvalue weighted by Crippen LogP contribution is 2.23. The van der Waals surface area contributed by atoms with Crippen molar-refractivity contribution in [1.82, 2.24) is 9.80 Å². The molecule has 122 valence electrons. The first kappa shape index (κ1) is 18.5. The van der Waals surface area contributed by atoms with Crippen molar-refractivity contribution in [3.8, 4) is 5.75 Å². The number of amides is 1. The average Bonchev–Trinajstić information content (AvgIpc) is 2.44. The molecule has 0 unspecified atom stereocenters. The molecule has 4 nitrogen and oxygen atoms in total. The normalized spacial score (nSPS) is 10.6. The maximum Gasteiger partial charge on any atom is 0.237 e. The molecule has 1 aromatic rings. The average molecular weight is 325 g/mol. The van der Waals surface area contributed by atoms with Gasteiger partial charge >= 0.3 is 0 Å². The summed E-state index contributed by atoms with van der Waals surface area (Å²) in [6.45, 7) is 9.99. The third-order valence-electron chi connectivity index (χ3n) is 3.28. The van der Waals surface area contributed by atoms with Crippen molar-refractivity contribution in [2.75, 3.05) is 33.8 Å². The minimum atomic E-state index is 0.0917. The van der Waals surface area contributed by atoms with Gasteiger partial charge in [-0.3, -0.25) is 9.69 Å². The summed E-state index contributed by atoms with van der Waals surface area (Å²) in [5, 5.41) is 0.660. The van der Waals surface area contributed by atoms with Gasteiger partial charge in [0, 0.05) is 30.2 Å². The number of carbonyl (C=O) groups is 1. The number of ether oxygens (including phenoxy) is 1. The Balaban J connectivity index is 2.69. The van der Waals surface area contributed by atoms with E-state index in [0.717, 1.165) is 16.9 Å². The molecule has 1 aromatic carbocycles. The third-order valence-corrected chi connectivity index (χ3v) is 3.52. The third kappa shape index (κ3) is 5.70. The molecule has 0 heterocycles. The van der Waals surface area contributed by atoms with Crippen molar-refractivity contribution in [3.05, 3.63) is 40.9 Å². The molecule has 0 saturated carbocycles. The monoisotopic (exact) mass is 324 g/mol. The Bertz CT molecular complexity index is 531. The molecule has 0 radical (unpaired) electrons. The van der Waals surface area contributed by atoms with Crippen LogP contribution < -0.4 is 4.74 Å². The highest BCUT2D eigenvalue weighted by molar-refractivity contribution is 6.30. The molecule has 0 aliphatic heterocycles. The predicted octanol–water partition coefficient (Wildman–Crippen LogP) is 3.21. The second kappa shape index (κ2) is 8.81. The van der Waals surface area contributed by atoms with E-state index in [1.165, 1.54) is 0 Å². The van der Waals surface area contributed by atoms with Crippen LogP contribution in [-0.4, -0.2) is 49.5 Å². The lowest BCUT2D eigenvalue weighted by Crippen LogP contribution is -2.39. The maximum atomic E-state index is 12.3. The number of halogens is 1. The van der Waals surface area contributed by atoms with Crippen molar-refractivity contribution in [2.24, 2.45) is 0 Å². The summed E-state index contributed by atoms with van der Waals surface area (Å²) in [4.78, 5) is 16.1. The van der Waals surface area contributed by atoms with Crippen molar-refractivity contribution < 1.29 is 9.53 Å². The van der Waals surface area contributed by atoms with Crippen LogP contribution in [0.15, 0.2) is 30.4 Å². The molecule has 0 N–H and O–H groups in total. The number of methoxy groups -OCH3 is 1. The van der Waals surface area contributed by atoms with Crippen LogP contribution >= 0.6 is 11.6 Å². The van der Waals surface area contributed by atoms with Gasteiger partial charge in [-0.2, -0.15) is 0 Å². The fourth-order valence-electron chi connectivity index (χ4n) is 2.25. The van der Waals surface area contributed by atoms with Crippen molar-refractivity contribution in [1.29, 1.82) is 0 Å². The quantitative estimate of drug-likeness (QED) is 0.688. The van der Waals surface area contributed by atoms with E-state index >= 15 is 0 Å². The molecular formula is C17H25ClN2O2. The van der Waals surface area contributed by atoms with E-state index in [0.29, 0.717) is 31.2 Å². The molecular weight excluding hydrogens is 300 g/mol. The van der Waals surface area contributed by atoms with Gasteiger partial charge in [-0.15, -0.1) is 0 Å². The van der Waals surface area contributed by atoms with E-state index in [9.17, 15) is 4.79 Å². The Morgan fingerprint density at radius 3 is 2.59 bits per heavy atom. The summed E-state index contributed by atoms with van der Waals surface area (Å²) >= 11 is 6.03. The van der Waals surface area contributed by atoms with Crippen LogP contribution in [0.3, 0.4) is 0 Å². The summed E-state index contributed by atoms with van der Waals surface area (Å²) < 4.78 is 5.34. The minimum absolute atomic E-state index is 0.0917. The van der Waals surface area contributed by atoms with Crippen LogP contribution in [0.1, 0.15) is 19.4 Å². The largest absolute Gasteiger partial charge is 0.496 e. The highest BCUT2D eigenvalue weighted by atomic mass is 35.5. The fourth-order valence-corrected chi connectivity index (χ4v) is 2.45. The van der Waals surface area contributed by atoms with Crippen molar-refractivity contribution >= 4 is 17.5 Å². The van der Waals surface area contributed by atoms with E-state index in [-0.39, 0.29) is 5.91 Å². The first-order valence-corrected chi connectivity index (χ1v) is 7.68. The van der Waals surface area contributed by atoms with Crippen LogP contribution in [-0.2, 0) is 11.3 Å². The summed E-state index contributed by atoms with van der Waals surface area (Å²) in [5.74, 6) is 0.868. The van der Waals surface area contributed by atoms with Crippen LogP contribution in [0.4, 0.5) is 0 Å². The molecule has 0 atom stereocenters. The first-order chi connectivity index (χ1) is 10.4. The molecule has 0 spiro atoms. The maximum absolute atomic E-state index is 12.3. The van der Waals surface area contributed by atoms with Crippen LogP contribution in [0.2, 0.25) is 5.02 Å². The molecule has 0 saturated heterocycles. The highest BCUT2D eigenvalue weighted by Gasteiger charge is 2.15. The Hall–Kier alpha value is -1.52. The topological polar surface area (TPSA) is 32.8 Å². The molecule has 22 heavy (non-hydrogen) atoms. The van der Waals surface area contributed by atoms with Crippen molar-refractivity contribution in [2.45, 2.75) is 20.4 Å². The Kier molecular flexibility index (Phi) is 7.42. The van der Waals surface area contributed by atoms with Gasteiger partial charge in [0.1, 0.15) is 5.75 Å². The molecule has 0 fully saturated rings. The van der Waals surface area contributed by atoms with Gasteiger partial charge in [0.05, 0.1) is 13.7 Å². The van der Waals surface area contributed by atoms with E-state index in [2.05, 4.69) is 6.58 Å². The van der Waals surface area contributed by atoms with E-state index in [1.807, 2.05) is 37.9 Å². The Morgan fingerprint density at radius 1 is 1.36 bits per heavy atom. The van der Waals surface area contributed by atoms with Gasteiger partial charge in [-0.05, 0) is 39.1 Å². The molecule has 0 bridgehead atoms. The SMILES string of the molecule is C=C(C)CN(CC)C(=O)CN(C)Cc1cc(Cl)ccc1OC. The fraction of sp³-hybridized carbons (Fsp3) is 0.471. The van der Waals surface area contributed by atoms with Gasteiger partial charge in [0.25, 0.3) is 0 Å². The van der Waals surface area contributed by atoms with Gasteiger partial charge in [-0.1, -0.05) is 23.8 Å². The number of rotatable bonds is 8. The Labute approximate surface area is 138 Å². The smallest absolute Gasteiger partial charge is 0.237 e. The van der Waals surface area contributed by atoms with Gasteiger partial charge in [-0.25, -0.2) is 0 Å². The minimum Gasteiger partial charge on any atom is -0.496 e. The molecule has 0 aliphatic carbocycles.